The fourth-order valence-electron chi connectivity index (χ4n) is 1.29. The zero-order valence-electron chi connectivity index (χ0n) is 8.75. The SMILES string of the molecule is Cc1c(CN)cnn1CCC(C)C. The van der Waals surface area contributed by atoms with Gasteiger partial charge in [-0.25, -0.2) is 0 Å². The molecule has 0 amide bonds. The topological polar surface area (TPSA) is 43.8 Å². The van der Waals surface area contributed by atoms with Gasteiger partial charge in [-0.3, -0.25) is 4.68 Å². The molecule has 74 valence electrons. The first-order valence-electron chi connectivity index (χ1n) is 4.86. The van der Waals surface area contributed by atoms with Crippen molar-refractivity contribution in [2.45, 2.75) is 40.3 Å². The van der Waals surface area contributed by atoms with E-state index in [1.165, 1.54) is 12.1 Å². The van der Waals surface area contributed by atoms with Crippen LogP contribution in [-0.2, 0) is 13.1 Å². The molecule has 1 rings (SSSR count). The third-order valence-electron chi connectivity index (χ3n) is 2.34. The molecule has 0 saturated heterocycles. The molecule has 13 heavy (non-hydrogen) atoms. The predicted molar refractivity (Wildman–Crippen MR) is 54.3 cm³/mol. The van der Waals surface area contributed by atoms with Gasteiger partial charge in [0.15, 0.2) is 0 Å². The molecule has 2 N–H and O–H groups in total. The Morgan fingerprint density at radius 2 is 2.23 bits per heavy atom. The first-order valence-corrected chi connectivity index (χ1v) is 4.86. The van der Waals surface area contributed by atoms with E-state index in [-0.39, 0.29) is 0 Å². The summed E-state index contributed by atoms with van der Waals surface area (Å²) in [7, 11) is 0. The molecule has 0 fully saturated rings. The molecule has 0 bridgehead atoms. The smallest absolute Gasteiger partial charge is 0.0537 e. The Kier molecular flexibility index (Phi) is 3.48. The van der Waals surface area contributed by atoms with Crippen LogP contribution in [0.3, 0.4) is 0 Å². The summed E-state index contributed by atoms with van der Waals surface area (Å²) in [6, 6.07) is 0. The number of hydrogen-bond donors (Lipinski definition) is 1. The number of nitrogens with zero attached hydrogens (tertiary/aromatic N) is 2. The van der Waals surface area contributed by atoms with Crippen molar-refractivity contribution in [3.05, 3.63) is 17.5 Å². The summed E-state index contributed by atoms with van der Waals surface area (Å²) in [5, 5.41) is 4.30. The van der Waals surface area contributed by atoms with Gasteiger partial charge in [-0.1, -0.05) is 13.8 Å². The summed E-state index contributed by atoms with van der Waals surface area (Å²) in [6.07, 6.45) is 3.04. The second-order valence-corrected chi connectivity index (χ2v) is 3.87. The van der Waals surface area contributed by atoms with Crippen LogP contribution in [0.4, 0.5) is 0 Å². The highest BCUT2D eigenvalue weighted by Gasteiger charge is 2.04. The van der Waals surface area contributed by atoms with E-state index in [0.29, 0.717) is 6.54 Å². The zero-order valence-corrected chi connectivity index (χ0v) is 8.75. The second kappa shape index (κ2) is 4.42. The van der Waals surface area contributed by atoms with E-state index < -0.39 is 0 Å². The Balaban J connectivity index is 2.62. The van der Waals surface area contributed by atoms with Gasteiger partial charge in [-0.15, -0.1) is 0 Å². The molecular formula is C10H19N3. The van der Waals surface area contributed by atoms with E-state index in [2.05, 4.69) is 25.9 Å². The molecule has 0 unspecified atom stereocenters. The molecule has 1 aromatic heterocycles. The minimum atomic E-state index is 0.591. The molecule has 3 nitrogen and oxygen atoms in total. The van der Waals surface area contributed by atoms with Crippen molar-refractivity contribution in [1.82, 2.24) is 9.78 Å². The van der Waals surface area contributed by atoms with Crippen LogP contribution in [0.2, 0.25) is 0 Å². The lowest BCUT2D eigenvalue weighted by Gasteiger charge is -2.07. The molecule has 0 aliphatic rings. The van der Waals surface area contributed by atoms with E-state index in [9.17, 15) is 0 Å². The van der Waals surface area contributed by atoms with Gasteiger partial charge in [0, 0.05) is 24.3 Å². The van der Waals surface area contributed by atoms with Crippen molar-refractivity contribution < 1.29 is 0 Å². The first kappa shape index (κ1) is 10.3. The van der Waals surface area contributed by atoms with Gasteiger partial charge >= 0.3 is 0 Å². The van der Waals surface area contributed by atoms with Crippen LogP contribution in [0.15, 0.2) is 6.20 Å². The van der Waals surface area contributed by atoms with Gasteiger partial charge in [0.2, 0.25) is 0 Å². The van der Waals surface area contributed by atoms with Crippen molar-refractivity contribution in [2.75, 3.05) is 0 Å². The second-order valence-electron chi connectivity index (χ2n) is 3.87. The minimum absolute atomic E-state index is 0.591. The van der Waals surface area contributed by atoms with Crippen LogP contribution in [0.5, 0.6) is 0 Å². The third-order valence-corrected chi connectivity index (χ3v) is 2.34. The van der Waals surface area contributed by atoms with Gasteiger partial charge < -0.3 is 5.73 Å². The monoisotopic (exact) mass is 181 g/mol. The lowest BCUT2D eigenvalue weighted by atomic mass is 10.1. The van der Waals surface area contributed by atoms with Crippen molar-refractivity contribution in [3.63, 3.8) is 0 Å². The number of aromatic nitrogens is 2. The van der Waals surface area contributed by atoms with Crippen molar-refractivity contribution in [2.24, 2.45) is 11.7 Å². The predicted octanol–water partition coefficient (Wildman–Crippen LogP) is 1.70. The number of rotatable bonds is 4. The molecular weight excluding hydrogens is 162 g/mol. The number of hydrogen-bond acceptors (Lipinski definition) is 2. The average Bonchev–Trinajstić information content (AvgIpc) is 2.43. The van der Waals surface area contributed by atoms with E-state index in [4.69, 9.17) is 5.73 Å². The van der Waals surface area contributed by atoms with Gasteiger partial charge in [0.1, 0.15) is 0 Å². The zero-order chi connectivity index (χ0) is 9.84. The highest BCUT2D eigenvalue weighted by Crippen LogP contribution is 2.08. The van der Waals surface area contributed by atoms with Crippen LogP contribution >= 0.6 is 0 Å². The Labute approximate surface area is 79.9 Å². The molecule has 0 radical (unpaired) electrons. The fourth-order valence-corrected chi connectivity index (χ4v) is 1.29. The molecule has 0 saturated carbocycles. The molecule has 1 aromatic rings. The van der Waals surface area contributed by atoms with Crippen LogP contribution in [0.25, 0.3) is 0 Å². The lowest BCUT2D eigenvalue weighted by Crippen LogP contribution is -2.06. The van der Waals surface area contributed by atoms with Crippen LogP contribution in [0.1, 0.15) is 31.5 Å². The van der Waals surface area contributed by atoms with Crippen molar-refractivity contribution in [1.29, 1.82) is 0 Å². The highest BCUT2D eigenvalue weighted by molar-refractivity contribution is 5.15. The molecule has 3 heteroatoms. The third kappa shape index (κ3) is 2.56. The van der Waals surface area contributed by atoms with Gasteiger partial charge in [0.25, 0.3) is 0 Å². The normalized spacial score (nSPS) is 11.2. The Morgan fingerprint density at radius 3 is 2.69 bits per heavy atom. The standard InChI is InChI=1S/C10H19N3/c1-8(2)4-5-13-9(3)10(6-11)7-12-13/h7-8H,4-6,11H2,1-3H3. The minimum Gasteiger partial charge on any atom is -0.326 e. The average molecular weight is 181 g/mol. The number of nitrogens with two attached hydrogens (primary N) is 1. The Bertz CT molecular complexity index is 263. The van der Waals surface area contributed by atoms with Crippen LogP contribution in [0, 0.1) is 12.8 Å². The molecule has 0 spiro atoms. The quantitative estimate of drug-likeness (QED) is 0.768. The number of aryl methyl sites for hydroxylation is 1. The van der Waals surface area contributed by atoms with E-state index in [1.807, 2.05) is 10.9 Å². The maximum absolute atomic E-state index is 5.57. The summed E-state index contributed by atoms with van der Waals surface area (Å²) in [5.41, 5.74) is 7.93. The van der Waals surface area contributed by atoms with Crippen molar-refractivity contribution in [3.8, 4) is 0 Å². The summed E-state index contributed by atoms with van der Waals surface area (Å²) in [4.78, 5) is 0. The van der Waals surface area contributed by atoms with Crippen molar-refractivity contribution >= 4 is 0 Å². The molecule has 0 atom stereocenters. The fraction of sp³-hybridized carbons (Fsp3) is 0.700. The molecule has 0 aliphatic carbocycles. The van der Waals surface area contributed by atoms with E-state index in [1.54, 1.807) is 0 Å². The van der Waals surface area contributed by atoms with Crippen LogP contribution < -0.4 is 5.73 Å². The highest BCUT2D eigenvalue weighted by atomic mass is 15.3. The van der Waals surface area contributed by atoms with Gasteiger partial charge in [0.05, 0.1) is 6.20 Å². The van der Waals surface area contributed by atoms with E-state index >= 15 is 0 Å². The summed E-state index contributed by atoms with van der Waals surface area (Å²) in [5.74, 6) is 0.727. The van der Waals surface area contributed by atoms with Gasteiger partial charge in [-0.2, -0.15) is 5.10 Å². The van der Waals surface area contributed by atoms with E-state index in [0.717, 1.165) is 18.0 Å². The van der Waals surface area contributed by atoms with Gasteiger partial charge in [-0.05, 0) is 19.3 Å². The summed E-state index contributed by atoms with van der Waals surface area (Å²) >= 11 is 0. The Hall–Kier alpha value is -0.830. The largest absolute Gasteiger partial charge is 0.326 e. The molecule has 1 heterocycles. The first-order chi connectivity index (χ1) is 6.15. The maximum Gasteiger partial charge on any atom is 0.0537 e. The van der Waals surface area contributed by atoms with Crippen LogP contribution in [-0.4, -0.2) is 9.78 Å². The summed E-state index contributed by atoms with van der Waals surface area (Å²) in [6.45, 7) is 8.12. The Morgan fingerprint density at radius 1 is 1.54 bits per heavy atom. The lowest BCUT2D eigenvalue weighted by molar-refractivity contribution is 0.480. The molecule has 0 aromatic carbocycles. The maximum atomic E-state index is 5.57. The molecule has 0 aliphatic heterocycles. The summed E-state index contributed by atoms with van der Waals surface area (Å²) < 4.78 is 2.04.